The standard InChI is InChI=1S/C14H18BrClN2O2/c1-18(11-4-6-17-9-11)14(19)5-7-20-13-3-2-10(16)8-12(13)15/h2-3,8,11,17H,4-7,9H2,1H3. The number of hydrogen-bond acceptors (Lipinski definition) is 3. The van der Waals surface area contributed by atoms with Crippen LogP contribution in [0.2, 0.25) is 5.02 Å². The van der Waals surface area contributed by atoms with E-state index in [-0.39, 0.29) is 5.91 Å². The number of amides is 1. The van der Waals surface area contributed by atoms with Crippen molar-refractivity contribution in [2.45, 2.75) is 18.9 Å². The van der Waals surface area contributed by atoms with Crippen LogP contribution in [-0.4, -0.2) is 43.6 Å². The van der Waals surface area contributed by atoms with Gasteiger partial charge in [-0.2, -0.15) is 0 Å². The highest BCUT2D eigenvalue weighted by molar-refractivity contribution is 9.10. The first-order valence-corrected chi connectivity index (χ1v) is 7.79. The van der Waals surface area contributed by atoms with E-state index in [9.17, 15) is 4.79 Å². The number of carbonyl (C=O) groups is 1. The van der Waals surface area contributed by atoms with Crippen LogP contribution in [0.25, 0.3) is 0 Å². The predicted molar refractivity (Wildman–Crippen MR) is 83.3 cm³/mol. The average molecular weight is 362 g/mol. The van der Waals surface area contributed by atoms with E-state index in [1.807, 2.05) is 11.9 Å². The van der Waals surface area contributed by atoms with Crippen molar-refractivity contribution in [3.63, 3.8) is 0 Å². The number of ether oxygens (including phenoxy) is 1. The average Bonchev–Trinajstić information content (AvgIpc) is 2.94. The summed E-state index contributed by atoms with van der Waals surface area (Å²) >= 11 is 9.25. The quantitative estimate of drug-likeness (QED) is 0.877. The molecule has 0 aliphatic carbocycles. The van der Waals surface area contributed by atoms with Crippen molar-refractivity contribution < 1.29 is 9.53 Å². The zero-order valence-corrected chi connectivity index (χ0v) is 13.7. The van der Waals surface area contributed by atoms with Gasteiger partial charge in [0.05, 0.1) is 17.5 Å². The van der Waals surface area contributed by atoms with E-state index in [1.165, 1.54) is 0 Å². The second-order valence-corrected chi connectivity index (χ2v) is 6.12. The molecule has 6 heteroatoms. The van der Waals surface area contributed by atoms with Gasteiger partial charge in [-0.3, -0.25) is 4.79 Å². The maximum atomic E-state index is 12.0. The molecule has 1 aliphatic rings. The summed E-state index contributed by atoms with van der Waals surface area (Å²) in [5.41, 5.74) is 0. The van der Waals surface area contributed by atoms with Gasteiger partial charge in [0.25, 0.3) is 0 Å². The van der Waals surface area contributed by atoms with Gasteiger partial charge in [0, 0.05) is 24.7 Å². The molecule has 1 aromatic carbocycles. The molecule has 1 fully saturated rings. The highest BCUT2D eigenvalue weighted by Crippen LogP contribution is 2.28. The molecule has 1 aliphatic heterocycles. The lowest BCUT2D eigenvalue weighted by Gasteiger charge is -2.23. The van der Waals surface area contributed by atoms with Gasteiger partial charge < -0.3 is 15.0 Å². The Morgan fingerprint density at radius 3 is 3.05 bits per heavy atom. The fraction of sp³-hybridized carbons (Fsp3) is 0.500. The second kappa shape index (κ2) is 7.29. The molecule has 0 bridgehead atoms. The third-order valence-corrected chi connectivity index (χ3v) is 4.30. The molecular formula is C14H18BrClN2O2. The van der Waals surface area contributed by atoms with Crippen LogP contribution in [-0.2, 0) is 4.79 Å². The van der Waals surface area contributed by atoms with Gasteiger partial charge in [0.15, 0.2) is 0 Å². The first-order valence-electron chi connectivity index (χ1n) is 6.62. The fourth-order valence-corrected chi connectivity index (χ4v) is 2.99. The van der Waals surface area contributed by atoms with Gasteiger partial charge in [-0.25, -0.2) is 0 Å². The summed E-state index contributed by atoms with van der Waals surface area (Å²) in [6.45, 7) is 2.23. The van der Waals surface area contributed by atoms with Crippen LogP contribution in [0, 0.1) is 0 Å². The summed E-state index contributed by atoms with van der Waals surface area (Å²) < 4.78 is 6.40. The smallest absolute Gasteiger partial charge is 0.226 e. The number of carbonyl (C=O) groups excluding carboxylic acids is 1. The van der Waals surface area contributed by atoms with Crippen LogP contribution < -0.4 is 10.1 Å². The predicted octanol–water partition coefficient (Wildman–Crippen LogP) is 2.69. The molecule has 1 saturated heterocycles. The lowest BCUT2D eigenvalue weighted by Crippen LogP contribution is -2.38. The Morgan fingerprint density at radius 1 is 1.60 bits per heavy atom. The third kappa shape index (κ3) is 4.11. The number of halogens is 2. The molecule has 0 radical (unpaired) electrons. The van der Waals surface area contributed by atoms with E-state index in [0.29, 0.717) is 29.8 Å². The lowest BCUT2D eigenvalue weighted by atomic mass is 10.2. The Bertz CT molecular complexity index is 478. The van der Waals surface area contributed by atoms with E-state index in [2.05, 4.69) is 21.2 Å². The molecule has 0 saturated carbocycles. The minimum Gasteiger partial charge on any atom is -0.492 e. The third-order valence-electron chi connectivity index (χ3n) is 3.44. The van der Waals surface area contributed by atoms with Crippen molar-refractivity contribution in [2.75, 3.05) is 26.7 Å². The second-order valence-electron chi connectivity index (χ2n) is 4.82. The fourth-order valence-electron chi connectivity index (χ4n) is 2.19. The first kappa shape index (κ1) is 15.6. The zero-order chi connectivity index (χ0) is 14.5. The Hall–Kier alpha value is -0.780. The minimum absolute atomic E-state index is 0.115. The van der Waals surface area contributed by atoms with E-state index >= 15 is 0 Å². The molecule has 20 heavy (non-hydrogen) atoms. The maximum Gasteiger partial charge on any atom is 0.226 e. The SMILES string of the molecule is CN(C(=O)CCOc1ccc(Cl)cc1Br)C1CCNC1. The van der Waals surface area contributed by atoms with E-state index in [1.54, 1.807) is 18.2 Å². The van der Waals surface area contributed by atoms with Crippen molar-refractivity contribution in [3.05, 3.63) is 27.7 Å². The van der Waals surface area contributed by atoms with Crippen LogP contribution >= 0.6 is 27.5 Å². The number of rotatable bonds is 5. The molecule has 1 heterocycles. The highest BCUT2D eigenvalue weighted by Gasteiger charge is 2.22. The lowest BCUT2D eigenvalue weighted by molar-refractivity contribution is -0.132. The van der Waals surface area contributed by atoms with Crippen molar-refractivity contribution in [1.29, 1.82) is 0 Å². The summed E-state index contributed by atoms with van der Waals surface area (Å²) in [6, 6.07) is 5.64. The molecule has 2 rings (SSSR count). The molecule has 110 valence electrons. The van der Waals surface area contributed by atoms with Crippen molar-refractivity contribution in [1.82, 2.24) is 10.2 Å². The van der Waals surface area contributed by atoms with Gasteiger partial charge in [0.2, 0.25) is 5.91 Å². The number of benzene rings is 1. The molecule has 0 spiro atoms. The monoisotopic (exact) mass is 360 g/mol. The summed E-state index contributed by atoms with van der Waals surface area (Å²) in [6.07, 6.45) is 1.40. The maximum absolute atomic E-state index is 12.0. The van der Waals surface area contributed by atoms with Crippen LogP contribution in [0.3, 0.4) is 0 Å². The molecule has 1 unspecified atom stereocenters. The highest BCUT2D eigenvalue weighted by atomic mass is 79.9. The van der Waals surface area contributed by atoms with Gasteiger partial charge in [-0.15, -0.1) is 0 Å². The summed E-state index contributed by atoms with van der Waals surface area (Å²) in [7, 11) is 1.86. The van der Waals surface area contributed by atoms with Gasteiger partial charge in [-0.1, -0.05) is 11.6 Å². The van der Waals surface area contributed by atoms with Gasteiger partial charge in [-0.05, 0) is 47.1 Å². The largest absolute Gasteiger partial charge is 0.492 e. The van der Waals surface area contributed by atoms with Crippen LogP contribution in [0.5, 0.6) is 5.75 Å². The Kier molecular flexibility index (Phi) is 5.69. The number of nitrogens with one attached hydrogen (secondary N) is 1. The number of likely N-dealkylation sites (N-methyl/N-ethyl adjacent to an activating group) is 1. The van der Waals surface area contributed by atoms with Crippen LogP contribution in [0.4, 0.5) is 0 Å². The van der Waals surface area contributed by atoms with Crippen molar-refractivity contribution >= 4 is 33.4 Å². The van der Waals surface area contributed by atoms with E-state index in [0.717, 1.165) is 24.0 Å². The molecule has 1 amide bonds. The molecule has 0 aromatic heterocycles. The summed E-state index contributed by atoms with van der Waals surface area (Å²) in [5.74, 6) is 0.816. The summed E-state index contributed by atoms with van der Waals surface area (Å²) in [5, 5.41) is 3.91. The van der Waals surface area contributed by atoms with E-state index in [4.69, 9.17) is 16.3 Å². The van der Waals surface area contributed by atoms with Gasteiger partial charge in [0.1, 0.15) is 5.75 Å². The van der Waals surface area contributed by atoms with Gasteiger partial charge >= 0.3 is 0 Å². The molecule has 1 aromatic rings. The van der Waals surface area contributed by atoms with Crippen molar-refractivity contribution in [3.8, 4) is 5.75 Å². The number of nitrogens with zero attached hydrogens (tertiary/aromatic N) is 1. The molecule has 1 N–H and O–H groups in total. The Balaban J connectivity index is 1.78. The molecular weight excluding hydrogens is 344 g/mol. The molecule has 1 atom stereocenters. The molecule has 4 nitrogen and oxygen atoms in total. The minimum atomic E-state index is 0.115. The Morgan fingerprint density at radius 2 is 2.40 bits per heavy atom. The number of hydrogen-bond donors (Lipinski definition) is 1. The van der Waals surface area contributed by atoms with E-state index < -0.39 is 0 Å². The van der Waals surface area contributed by atoms with Crippen LogP contribution in [0.15, 0.2) is 22.7 Å². The summed E-state index contributed by atoms with van der Waals surface area (Å²) in [4.78, 5) is 13.9. The zero-order valence-electron chi connectivity index (χ0n) is 11.4. The topological polar surface area (TPSA) is 41.6 Å². The Labute approximate surface area is 132 Å². The van der Waals surface area contributed by atoms with Crippen molar-refractivity contribution in [2.24, 2.45) is 0 Å². The normalized spacial score (nSPS) is 18.1. The van der Waals surface area contributed by atoms with Crippen LogP contribution in [0.1, 0.15) is 12.8 Å². The first-order chi connectivity index (χ1) is 9.58.